The first-order chi connectivity index (χ1) is 11.6. The zero-order valence-electron chi connectivity index (χ0n) is 13.7. The van der Waals surface area contributed by atoms with Crippen LogP contribution in [0.2, 0.25) is 0 Å². The van der Waals surface area contributed by atoms with Crippen molar-refractivity contribution in [3.8, 4) is 5.75 Å². The molecule has 0 atom stereocenters. The first kappa shape index (κ1) is 15.1. The predicted molar refractivity (Wildman–Crippen MR) is 92.1 cm³/mol. The van der Waals surface area contributed by atoms with Crippen LogP contribution in [-0.4, -0.2) is 23.2 Å². The van der Waals surface area contributed by atoms with Crippen LogP contribution in [-0.2, 0) is 0 Å². The topological polar surface area (TPSA) is 77.2 Å². The maximum absolute atomic E-state index is 12.8. The van der Waals surface area contributed by atoms with Crippen LogP contribution in [0.1, 0.15) is 45.6 Å². The minimum atomic E-state index is -0.192. The number of benzene rings is 1. The summed E-state index contributed by atoms with van der Waals surface area (Å²) in [5, 5.41) is 7.85. The number of rotatable bonds is 4. The van der Waals surface area contributed by atoms with Gasteiger partial charge >= 0.3 is 0 Å². The molecule has 1 aliphatic rings. The van der Waals surface area contributed by atoms with E-state index in [2.05, 4.69) is 10.5 Å². The van der Waals surface area contributed by atoms with E-state index in [9.17, 15) is 4.79 Å². The highest BCUT2D eigenvalue weighted by molar-refractivity contribution is 7.19. The van der Waals surface area contributed by atoms with Crippen LogP contribution in [0, 0.1) is 13.8 Å². The number of carbonyl (C=O) groups is 1. The molecule has 1 N–H and O–H groups in total. The Labute approximate surface area is 142 Å². The van der Waals surface area contributed by atoms with Gasteiger partial charge in [0.2, 0.25) is 0 Å². The van der Waals surface area contributed by atoms with Gasteiger partial charge in [-0.15, -0.1) is 11.3 Å². The summed E-state index contributed by atoms with van der Waals surface area (Å²) in [7, 11) is 1.62. The van der Waals surface area contributed by atoms with Crippen LogP contribution in [0.25, 0.3) is 10.2 Å². The van der Waals surface area contributed by atoms with Crippen LogP contribution in [0.3, 0.4) is 0 Å². The number of anilines is 1. The summed E-state index contributed by atoms with van der Waals surface area (Å²) in [6.07, 6.45) is 2.34. The SMILES string of the molecule is COc1ccc(C(=O)Nc2c(C)noc2C)c2sc(C3CC3)nc12. The number of ether oxygens (including phenoxy) is 1. The van der Waals surface area contributed by atoms with E-state index in [-0.39, 0.29) is 5.91 Å². The number of fused-ring (bicyclic) bond motifs is 1. The molecular formula is C17H17N3O3S. The number of aryl methyl sites for hydroxylation is 2. The lowest BCUT2D eigenvalue weighted by Gasteiger charge is -2.07. The van der Waals surface area contributed by atoms with Crippen LogP contribution < -0.4 is 10.1 Å². The molecule has 6 nitrogen and oxygen atoms in total. The first-order valence-corrected chi connectivity index (χ1v) is 8.61. The van der Waals surface area contributed by atoms with Crippen LogP contribution in [0.15, 0.2) is 16.7 Å². The van der Waals surface area contributed by atoms with Gasteiger partial charge < -0.3 is 14.6 Å². The molecule has 1 aromatic carbocycles. The number of hydrogen-bond acceptors (Lipinski definition) is 6. The summed E-state index contributed by atoms with van der Waals surface area (Å²) >= 11 is 1.58. The van der Waals surface area contributed by atoms with Gasteiger partial charge in [-0.25, -0.2) is 4.98 Å². The van der Waals surface area contributed by atoms with Gasteiger partial charge in [0.25, 0.3) is 5.91 Å². The molecule has 1 saturated carbocycles. The number of aromatic nitrogens is 2. The molecule has 1 amide bonds. The van der Waals surface area contributed by atoms with Crippen molar-refractivity contribution in [1.29, 1.82) is 0 Å². The standard InChI is InChI=1S/C17H17N3O3S/c1-8-13(9(2)23-20-8)18-16(21)11-6-7-12(22-3)14-15(11)24-17(19-14)10-4-5-10/h6-7,10H,4-5H2,1-3H3,(H,18,21). The average Bonchev–Trinajstić information content (AvgIpc) is 3.26. The fraction of sp³-hybridized carbons (Fsp3) is 0.353. The lowest BCUT2D eigenvalue weighted by atomic mass is 10.1. The van der Waals surface area contributed by atoms with Crippen molar-refractivity contribution in [3.63, 3.8) is 0 Å². The highest BCUT2D eigenvalue weighted by Gasteiger charge is 2.29. The summed E-state index contributed by atoms with van der Waals surface area (Å²) in [5.74, 6) is 1.63. The average molecular weight is 343 g/mol. The third-order valence-corrected chi connectivity index (χ3v) is 5.44. The third-order valence-electron chi connectivity index (χ3n) is 4.19. The smallest absolute Gasteiger partial charge is 0.257 e. The van der Waals surface area contributed by atoms with Crippen molar-refractivity contribution >= 4 is 33.1 Å². The minimum absolute atomic E-state index is 0.192. The summed E-state index contributed by atoms with van der Waals surface area (Å²) in [6.45, 7) is 3.57. The molecule has 2 heterocycles. The third kappa shape index (κ3) is 2.45. The van der Waals surface area contributed by atoms with Gasteiger partial charge in [-0.1, -0.05) is 5.16 Å². The number of nitrogens with one attached hydrogen (secondary N) is 1. The minimum Gasteiger partial charge on any atom is -0.494 e. The van der Waals surface area contributed by atoms with Crippen LogP contribution in [0.4, 0.5) is 5.69 Å². The Hall–Kier alpha value is -2.41. The maximum Gasteiger partial charge on any atom is 0.257 e. The Bertz CT molecular complexity index is 921. The number of carbonyl (C=O) groups excluding carboxylic acids is 1. The van der Waals surface area contributed by atoms with Crippen LogP contribution in [0.5, 0.6) is 5.75 Å². The molecule has 0 unspecified atom stereocenters. The van der Waals surface area contributed by atoms with E-state index in [0.717, 1.165) is 15.2 Å². The summed E-state index contributed by atoms with van der Waals surface area (Å²) in [6, 6.07) is 3.57. The fourth-order valence-electron chi connectivity index (χ4n) is 2.69. The zero-order chi connectivity index (χ0) is 16.8. The number of thiazole rings is 1. The Kier molecular flexibility index (Phi) is 3.53. The van der Waals surface area contributed by atoms with Crippen molar-refractivity contribution in [2.75, 3.05) is 12.4 Å². The van der Waals surface area contributed by atoms with E-state index >= 15 is 0 Å². The zero-order valence-corrected chi connectivity index (χ0v) is 14.5. The second-order valence-corrected chi connectivity index (χ2v) is 7.00. The molecule has 0 bridgehead atoms. The quantitative estimate of drug-likeness (QED) is 0.773. The molecule has 1 aliphatic carbocycles. The lowest BCUT2D eigenvalue weighted by molar-refractivity contribution is 0.102. The highest BCUT2D eigenvalue weighted by Crippen LogP contribution is 2.45. The molecule has 1 fully saturated rings. The van der Waals surface area contributed by atoms with E-state index in [1.165, 1.54) is 12.8 Å². The molecular weight excluding hydrogens is 326 g/mol. The van der Waals surface area contributed by atoms with E-state index in [4.69, 9.17) is 14.2 Å². The van der Waals surface area contributed by atoms with Gasteiger partial charge in [0, 0.05) is 5.92 Å². The number of hydrogen-bond donors (Lipinski definition) is 1. The van der Waals surface area contributed by atoms with Crippen molar-refractivity contribution < 1.29 is 14.1 Å². The number of nitrogens with zero attached hydrogens (tertiary/aromatic N) is 2. The molecule has 4 rings (SSSR count). The van der Waals surface area contributed by atoms with Crippen molar-refractivity contribution in [2.24, 2.45) is 0 Å². The Morgan fingerprint density at radius 1 is 1.38 bits per heavy atom. The molecule has 7 heteroatoms. The van der Waals surface area contributed by atoms with E-state index in [0.29, 0.717) is 34.4 Å². The van der Waals surface area contributed by atoms with Crippen molar-refractivity contribution in [3.05, 3.63) is 34.2 Å². The predicted octanol–water partition coefficient (Wildman–Crippen LogP) is 4.04. The Morgan fingerprint density at radius 2 is 2.17 bits per heavy atom. The summed E-state index contributed by atoms with van der Waals surface area (Å²) in [5.41, 5.74) is 2.63. The van der Waals surface area contributed by atoms with Crippen molar-refractivity contribution in [2.45, 2.75) is 32.6 Å². The molecule has 2 aromatic heterocycles. The van der Waals surface area contributed by atoms with Gasteiger partial charge in [-0.3, -0.25) is 4.79 Å². The fourth-order valence-corrected chi connectivity index (χ4v) is 3.95. The highest BCUT2D eigenvalue weighted by atomic mass is 32.1. The first-order valence-electron chi connectivity index (χ1n) is 7.80. The molecule has 3 aromatic rings. The van der Waals surface area contributed by atoms with Gasteiger partial charge in [-0.05, 0) is 38.8 Å². The second kappa shape index (κ2) is 5.59. The van der Waals surface area contributed by atoms with Gasteiger partial charge in [0.1, 0.15) is 22.6 Å². The summed E-state index contributed by atoms with van der Waals surface area (Å²) < 4.78 is 11.4. The van der Waals surface area contributed by atoms with E-state index in [1.54, 1.807) is 44.4 Å². The van der Waals surface area contributed by atoms with E-state index < -0.39 is 0 Å². The molecule has 0 saturated heterocycles. The molecule has 0 radical (unpaired) electrons. The van der Waals surface area contributed by atoms with Crippen molar-refractivity contribution in [1.82, 2.24) is 10.1 Å². The molecule has 24 heavy (non-hydrogen) atoms. The van der Waals surface area contributed by atoms with Gasteiger partial charge in [-0.2, -0.15) is 0 Å². The van der Waals surface area contributed by atoms with Gasteiger partial charge in [0.05, 0.1) is 22.4 Å². The maximum atomic E-state index is 12.8. The van der Waals surface area contributed by atoms with Crippen LogP contribution >= 0.6 is 11.3 Å². The van der Waals surface area contributed by atoms with Gasteiger partial charge in [0.15, 0.2) is 5.76 Å². The number of amides is 1. The monoisotopic (exact) mass is 343 g/mol. The Balaban J connectivity index is 1.77. The van der Waals surface area contributed by atoms with E-state index in [1.807, 2.05) is 0 Å². The molecule has 0 spiro atoms. The molecule has 124 valence electrons. The summed E-state index contributed by atoms with van der Waals surface area (Å²) in [4.78, 5) is 17.5. The Morgan fingerprint density at radius 3 is 2.79 bits per heavy atom. The lowest BCUT2D eigenvalue weighted by Crippen LogP contribution is -2.13. The number of methoxy groups -OCH3 is 1. The molecule has 0 aliphatic heterocycles. The normalized spacial score (nSPS) is 14.1. The largest absolute Gasteiger partial charge is 0.494 e. The second-order valence-electron chi connectivity index (χ2n) is 5.97.